The smallest absolute Gasteiger partial charge is 0.244 e. The first-order chi connectivity index (χ1) is 7.91. The van der Waals surface area contributed by atoms with Crippen molar-refractivity contribution in [3.63, 3.8) is 0 Å². The number of anilines is 1. The molecule has 0 saturated carbocycles. The van der Waals surface area contributed by atoms with Gasteiger partial charge in [0, 0.05) is 12.7 Å². The van der Waals surface area contributed by atoms with E-state index in [4.69, 9.17) is 11.5 Å². The fourth-order valence-corrected chi connectivity index (χ4v) is 1.52. The van der Waals surface area contributed by atoms with Gasteiger partial charge < -0.3 is 16.4 Å². The van der Waals surface area contributed by atoms with Crippen molar-refractivity contribution < 1.29 is 9.59 Å². The minimum Gasteiger partial charge on any atom is -0.370 e. The molecule has 5 nitrogen and oxygen atoms in total. The summed E-state index contributed by atoms with van der Waals surface area (Å²) in [5.74, 6) is -0.905. The third-order valence-electron chi connectivity index (χ3n) is 2.46. The van der Waals surface area contributed by atoms with Crippen molar-refractivity contribution in [2.75, 3.05) is 11.9 Å². The van der Waals surface area contributed by atoms with Gasteiger partial charge in [-0.1, -0.05) is 12.1 Å². The number of nitrogens with two attached hydrogens (primary N) is 2. The Labute approximate surface area is 100 Å². The Kier molecular flexibility index (Phi) is 4.23. The monoisotopic (exact) mass is 235 g/mol. The third kappa shape index (κ3) is 3.57. The van der Waals surface area contributed by atoms with Gasteiger partial charge in [-0.3, -0.25) is 9.59 Å². The average Bonchev–Trinajstić information content (AvgIpc) is 2.26. The molecule has 0 radical (unpaired) electrons. The van der Waals surface area contributed by atoms with Gasteiger partial charge in [-0.2, -0.15) is 0 Å². The molecule has 5 heteroatoms. The molecule has 1 unspecified atom stereocenters. The lowest BCUT2D eigenvalue weighted by Crippen LogP contribution is -2.44. The molecule has 0 spiro atoms. The Balaban J connectivity index is 2.79. The van der Waals surface area contributed by atoms with Gasteiger partial charge >= 0.3 is 0 Å². The number of likely N-dealkylation sites (N-methyl/N-ethyl adjacent to an activating group) is 1. The highest BCUT2D eigenvalue weighted by Gasteiger charge is 2.20. The van der Waals surface area contributed by atoms with Crippen LogP contribution in [0.2, 0.25) is 0 Å². The highest BCUT2D eigenvalue weighted by molar-refractivity contribution is 5.98. The highest BCUT2D eigenvalue weighted by Crippen LogP contribution is 2.15. The summed E-state index contributed by atoms with van der Waals surface area (Å²) in [5, 5.41) is 0. The highest BCUT2D eigenvalue weighted by atomic mass is 16.2. The molecule has 1 aromatic rings. The molecule has 1 rings (SSSR count). The number of hydrogen-bond acceptors (Lipinski definition) is 3. The Morgan fingerprint density at radius 3 is 2.59 bits per heavy atom. The topological polar surface area (TPSA) is 89.4 Å². The van der Waals surface area contributed by atoms with E-state index < -0.39 is 11.9 Å². The SMILES string of the molecule is Cc1cccc(N(C)C(=O)C(N)CC(N)=O)c1. The van der Waals surface area contributed by atoms with E-state index >= 15 is 0 Å². The molecule has 2 amide bonds. The van der Waals surface area contributed by atoms with Crippen LogP contribution in [-0.2, 0) is 9.59 Å². The standard InChI is InChI=1S/C12H17N3O2/c1-8-4-3-5-9(6-8)15(2)12(17)10(13)7-11(14)16/h3-6,10H,7,13H2,1-2H3,(H2,14,16). The van der Waals surface area contributed by atoms with Gasteiger partial charge in [-0.05, 0) is 24.6 Å². The fraction of sp³-hybridized carbons (Fsp3) is 0.333. The van der Waals surface area contributed by atoms with Crippen LogP contribution < -0.4 is 16.4 Å². The quantitative estimate of drug-likeness (QED) is 0.779. The number of hydrogen-bond donors (Lipinski definition) is 2. The molecule has 17 heavy (non-hydrogen) atoms. The molecule has 0 bridgehead atoms. The summed E-state index contributed by atoms with van der Waals surface area (Å²) in [6.07, 6.45) is -0.144. The molecule has 0 aliphatic carbocycles. The van der Waals surface area contributed by atoms with E-state index in [1.54, 1.807) is 7.05 Å². The lowest BCUT2D eigenvalue weighted by atomic mass is 10.1. The lowest BCUT2D eigenvalue weighted by molar-refractivity contribution is -0.124. The van der Waals surface area contributed by atoms with Crippen molar-refractivity contribution >= 4 is 17.5 Å². The molecule has 0 saturated heterocycles. The normalized spacial score (nSPS) is 11.9. The molecule has 92 valence electrons. The Morgan fingerprint density at radius 2 is 2.06 bits per heavy atom. The number of aryl methyl sites for hydroxylation is 1. The average molecular weight is 235 g/mol. The van der Waals surface area contributed by atoms with Crippen molar-refractivity contribution in [3.05, 3.63) is 29.8 Å². The van der Waals surface area contributed by atoms with Gasteiger partial charge in [0.1, 0.15) is 0 Å². The second-order valence-corrected chi connectivity index (χ2v) is 4.01. The van der Waals surface area contributed by atoms with Crippen molar-refractivity contribution in [3.8, 4) is 0 Å². The summed E-state index contributed by atoms with van der Waals surface area (Å²) in [4.78, 5) is 24.0. The van der Waals surface area contributed by atoms with Gasteiger partial charge in [-0.25, -0.2) is 0 Å². The molecular weight excluding hydrogens is 218 g/mol. The first-order valence-corrected chi connectivity index (χ1v) is 5.30. The molecule has 0 aromatic heterocycles. The number of carbonyl (C=O) groups excluding carboxylic acids is 2. The van der Waals surface area contributed by atoms with E-state index in [0.29, 0.717) is 0 Å². The first kappa shape index (κ1) is 13.2. The molecule has 0 heterocycles. The van der Waals surface area contributed by atoms with Crippen molar-refractivity contribution in [2.45, 2.75) is 19.4 Å². The molecule has 0 fully saturated rings. The number of primary amides is 1. The largest absolute Gasteiger partial charge is 0.370 e. The van der Waals surface area contributed by atoms with Gasteiger partial charge in [0.15, 0.2) is 0 Å². The maximum atomic E-state index is 11.9. The Hall–Kier alpha value is -1.88. The Bertz CT molecular complexity index is 432. The molecule has 0 aliphatic rings. The Morgan fingerprint density at radius 1 is 1.41 bits per heavy atom. The number of nitrogens with zero attached hydrogens (tertiary/aromatic N) is 1. The van der Waals surface area contributed by atoms with Crippen LogP contribution in [0.3, 0.4) is 0 Å². The van der Waals surface area contributed by atoms with Crippen LogP contribution in [0, 0.1) is 6.92 Å². The first-order valence-electron chi connectivity index (χ1n) is 5.30. The molecule has 1 atom stereocenters. The van der Waals surface area contributed by atoms with E-state index in [1.165, 1.54) is 4.90 Å². The van der Waals surface area contributed by atoms with Crippen LogP contribution >= 0.6 is 0 Å². The van der Waals surface area contributed by atoms with Gasteiger partial charge in [0.25, 0.3) is 0 Å². The van der Waals surface area contributed by atoms with E-state index in [9.17, 15) is 9.59 Å². The summed E-state index contributed by atoms with van der Waals surface area (Å²) in [7, 11) is 1.62. The van der Waals surface area contributed by atoms with Gasteiger partial charge in [-0.15, -0.1) is 0 Å². The van der Waals surface area contributed by atoms with E-state index in [1.807, 2.05) is 31.2 Å². The summed E-state index contributed by atoms with van der Waals surface area (Å²) in [6.45, 7) is 1.94. The zero-order valence-electron chi connectivity index (χ0n) is 10.0. The predicted molar refractivity (Wildman–Crippen MR) is 66.4 cm³/mol. The number of amides is 2. The van der Waals surface area contributed by atoms with Gasteiger partial charge in [0.2, 0.25) is 11.8 Å². The summed E-state index contributed by atoms with van der Waals surface area (Å²) in [6, 6.07) is 6.58. The summed E-state index contributed by atoms with van der Waals surface area (Å²) >= 11 is 0. The maximum Gasteiger partial charge on any atom is 0.244 e. The molecule has 0 aliphatic heterocycles. The zero-order valence-corrected chi connectivity index (χ0v) is 10.0. The maximum absolute atomic E-state index is 11.9. The minimum absolute atomic E-state index is 0.144. The fourth-order valence-electron chi connectivity index (χ4n) is 1.52. The third-order valence-corrected chi connectivity index (χ3v) is 2.46. The van der Waals surface area contributed by atoms with E-state index in [0.717, 1.165) is 11.3 Å². The van der Waals surface area contributed by atoms with Crippen LogP contribution in [0.15, 0.2) is 24.3 Å². The van der Waals surface area contributed by atoms with Crippen LogP contribution in [0.1, 0.15) is 12.0 Å². The van der Waals surface area contributed by atoms with Crippen LogP contribution in [-0.4, -0.2) is 24.9 Å². The molecule has 1 aromatic carbocycles. The molecule has 4 N–H and O–H groups in total. The molecular formula is C12H17N3O2. The van der Waals surface area contributed by atoms with E-state index in [2.05, 4.69) is 0 Å². The zero-order chi connectivity index (χ0) is 13.0. The van der Waals surface area contributed by atoms with Crippen LogP contribution in [0.5, 0.6) is 0 Å². The minimum atomic E-state index is -0.891. The van der Waals surface area contributed by atoms with Crippen molar-refractivity contribution in [2.24, 2.45) is 11.5 Å². The summed E-state index contributed by atoms with van der Waals surface area (Å²) in [5.41, 5.74) is 12.4. The number of rotatable bonds is 4. The second kappa shape index (κ2) is 5.45. The van der Waals surface area contributed by atoms with E-state index in [-0.39, 0.29) is 12.3 Å². The predicted octanol–water partition coefficient (Wildman–Crippen LogP) is 0.161. The van der Waals surface area contributed by atoms with Crippen LogP contribution in [0.25, 0.3) is 0 Å². The lowest BCUT2D eigenvalue weighted by Gasteiger charge is -2.21. The van der Waals surface area contributed by atoms with Crippen LogP contribution in [0.4, 0.5) is 5.69 Å². The summed E-state index contributed by atoms with van der Waals surface area (Å²) < 4.78 is 0. The number of benzene rings is 1. The van der Waals surface area contributed by atoms with Crippen molar-refractivity contribution in [1.82, 2.24) is 0 Å². The van der Waals surface area contributed by atoms with Crippen molar-refractivity contribution in [1.29, 1.82) is 0 Å². The second-order valence-electron chi connectivity index (χ2n) is 4.01. The number of carbonyl (C=O) groups is 2. The van der Waals surface area contributed by atoms with Gasteiger partial charge in [0.05, 0.1) is 12.5 Å².